The van der Waals surface area contributed by atoms with E-state index in [0.717, 1.165) is 0 Å². The van der Waals surface area contributed by atoms with Gasteiger partial charge in [0.25, 0.3) is 0 Å². The number of benzene rings is 1. The molecule has 0 aliphatic heterocycles. The Bertz CT molecular complexity index is 691. The quantitative estimate of drug-likeness (QED) is 0.783. The number of halogens is 1. The standard InChI is InChI=1S/C11H9ClN4O2/c1-2-9-14-11(18-16-9)15-10-13-7-4-3-6(12)5-8(7)17-10/h3-5H,2H2,1H3,(H,13,14,15,16). The number of anilines is 2. The van der Waals surface area contributed by atoms with Crippen LogP contribution in [0.25, 0.3) is 11.1 Å². The minimum Gasteiger partial charge on any atom is -0.423 e. The lowest BCUT2D eigenvalue weighted by Gasteiger charge is -1.90. The van der Waals surface area contributed by atoms with Crippen molar-refractivity contribution in [3.63, 3.8) is 0 Å². The van der Waals surface area contributed by atoms with E-state index >= 15 is 0 Å². The second kappa shape index (κ2) is 4.30. The van der Waals surface area contributed by atoms with E-state index in [2.05, 4.69) is 20.4 Å². The highest BCUT2D eigenvalue weighted by molar-refractivity contribution is 6.31. The highest BCUT2D eigenvalue weighted by Crippen LogP contribution is 2.24. The van der Waals surface area contributed by atoms with Crippen molar-refractivity contribution in [2.45, 2.75) is 13.3 Å². The van der Waals surface area contributed by atoms with Gasteiger partial charge < -0.3 is 8.94 Å². The molecule has 0 aliphatic carbocycles. The minimum atomic E-state index is 0.254. The fourth-order valence-electron chi connectivity index (χ4n) is 1.49. The van der Waals surface area contributed by atoms with E-state index in [1.807, 2.05) is 6.92 Å². The maximum atomic E-state index is 5.86. The molecule has 3 aromatic rings. The Labute approximate surface area is 107 Å². The summed E-state index contributed by atoms with van der Waals surface area (Å²) >= 11 is 5.86. The van der Waals surface area contributed by atoms with Crippen molar-refractivity contribution in [3.05, 3.63) is 29.0 Å². The third kappa shape index (κ3) is 2.02. The molecule has 6 nitrogen and oxygen atoms in total. The number of rotatable bonds is 3. The van der Waals surface area contributed by atoms with Crippen LogP contribution in [0.3, 0.4) is 0 Å². The van der Waals surface area contributed by atoms with E-state index in [1.165, 1.54) is 0 Å². The molecule has 0 saturated heterocycles. The molecule has 0 amide bonds. The third-order valence-corrected chi connectivity index (χ3v) is 2.58. The van der Waals surface area contributed by atoms with Crippen molar-refractivity contribution in [2.75, 3.05) is 5.32 Å². The predicted molar refractivity (Wildman–Crippen MR) is 66.0 cm³/mol. The Balaban J connectivity index is 1.90. The summed E-state index contributed by atoms with van der Waals surface area (Å²) in [6.45, 7) is 1.94. The fourth-order valence-corrected chi connectivity index (χ4v) is 1.65. The van der Waals surface area contributed by atoms with E-state index in [4.69, 9.17) is 20.5 Å². The molecule has 92 valence electrons. The zero-order chi connectivity index (χ0) is 12.5. The molecule has 0 spiro atoms. The van der Waals surface area contributed by atoms with Crippen molar-refractivity contribution in [1.29, 1.82) is 0 Å². The molecule has 0 radical (unpaired) electrons. The summed E-state index contributed by atoms with van der Waals surface area (Å²) in [7, 11) is 0. The van der Waals surface area contributed by atoms with Gasteiger partial charge in [-0.1, -0.05) is 23.7 Å². The van der Waals surface area contributed by atoms with E-state index in [0.29, 0.717) is 34.4 Å². The minimum absolute atomic E-state index is 0.254. The first-order valence-corrected chi connectivity index (χ1v) is 5.78. The van der Waals surface area contributed by atoms with Crippen LogP contribution < -0.4 is 5.32 Å². The van der Waals surface area contributed by atoms with Gasteiger partial charge in [-0.15, -0.1) is 0 Å². The second-order valence-corrected chi connectivity index (χ2v) is 4.06. The Hall–Kier alpha value is -2.08. The Morgan fingerprint density at radius 2 is 2.17 bits per heavy atom. The van der Waals surface area contributed by atoms with E-state index < -0.39 is 0 Å². The normalized spacial score (nSPS) is 11.0. The number of aryl methyl sites for hydroxylation is 1. The van der Waals surface area contributed by atoms with Gasteiger partial charge >= 0.3 is 12.0 Å². The van der Waals surface area contributed by atoms with Gasteiger partial charge in [0, 0.05) is 17.5 Å². The van der Waals surface area contributed by atoms with E-state index in [1.54, 1.807) is 18.2 Å². The van der Waals surface area contributed by atoms with E-state index in [-0.39, 0.29) is 6.01 Å². The molecule has 0 bridgehead atoms. The number of fused-ring (bicyclic) bond motifs is 1. The Morgan fingerprint density at radius 1 is 1.28 bits per heavy atom. The topological polar surface area (TPSA) is 77.0 Å². The summed E-state index contributed by atoms with van der Waals surface area (Å²) in [5.41, 5.74) is 1.30. The maximum absolute atomic E-state index is 5.86. The lowest BCUT2D eigenvalue weighted by atomic mass is 10.3. The van der Waals surface area contributed by atoms with Crippen LogP contribution in [0, 0.1) is 0 Å². The van der Waals surface area contributed by atoms with Crippen LogP contribution in [-0.2, 0) is 6.42 Å². The van der Waals surface area contributed by atoms with Crippen LogP contribution in [-0.4, -0.2) is 15.1 Å². The van der Waals surface area contributed by atoms with Gasteiger partial charge in [0.15, 0.2) is 11.4 Å². The molecule has 18 heavy (non-hydrogen) atoms. The molecule has 1 aromatic carbocycles. The lowest BCUT2D eigenvalue weighted by Crippen LogP contribution is -1.90. The summed E-state index contributed by atoms with van der Waals surface area (Å²) < 4.78 is 10.4. The average molecular weight is 265 g/mol. The molecule has 3 rings (SSSR count). The van der Waals surface area contributed by atoms with Crippen molar-refractivity contribution < 1.29 is 8.94 Å². The van der Waals surface area contributed by atoms with Crippen molar-refractivity contribution in [3.8, 4) is 0 Å². The fraction of sp³-hybridized carbons (Fsp3) is 0.182. The van der Waals surface area contributed by atoms with Crippen LogP contribution in [0.4, 0.5) is 12.0 Å². The number of nitrogens with zero attached hydrogens (tertiary/aromatic N) is 3. The van der Waals surface area contributed by atoms with Gasteiger partial charge in [0.2, 0.25) is 0 Å². The van der Waals surface area contributed by atoms with Gasteiger partial charge in [-0.2, -0.15) is 9.97 Å². The molecule has 2 heterocycles. The van der Waals surface area contributed by atoms with Crippen LogP contribution in [0.15, 0.2) is 27.1 Å². The summed E-state index contributed by atoms with van der Waals surface area (Å²) in [4.78, 5) is 8.32. The van der Waals surface area contributed by atoms with Crippen molar-refractivity contribution in [1.82, 2.24) is 15.1 Å². The van der Waals surface area contributed by atoms with Crippen LogP contribution in [0.5, 0.6) is 0 Å². The first-order valence-electron chi connectivity index (χ1n) is 5.40. The van der Waals surface area contributed by atoms with Gasteiger partial charge in [-0.25, -0.2) is 0 Å². The lowest BCUT2D eigenvalue weighted by molar-refractivity contribution is 0.424. The smallest absolute Gasteiger partial charge is 0.329 e. The SMILES string of the molecule is CCc1noc(Nc2nc3ccc(Cl)cc3o2)n1. The summed E-state index contributed by atoms with van der Waals surface area (Å²) in [5, 5.41) is 7.16. The molecular formula is C11H9ClN4O2. The molecule has 0 atom stereocenters. The van der Waals surface area contributed by atoms with E-state index in [9.17, 15) is 0 Å². The highest BCUT2D eigenvalue weighted by Gasteiger charge is 2.10. The van der Waals surface area contributed by atoms with Crippen LogP contribution in [0.1, 0.15) is 12.7 Å². The van der Waals surface area contributed by atoms with Crippen molar-refractivity contribution >= 4 is 34.7 Å². The molecule has 7 heteroatoms. The zero-order valence-electron chi connectivity index (χ0n) is 9.48. The first kappa shape index (κ1) is 11.0. The largest absolute Gasteiger partial charge is 0.423 e. The molecular weight excluding hydrogens is 256 g/mol. The van der Waals surface area contributed by atoms with Gasteiger partial charge in [-0.05, 0) is 12.1 Å². The maximum Gasteiger partial charge on any atom is 0.329 e. The first-order chi connectivity index (χ1) is 8.74. The van der Waals surface area contributed by atoms with Crippen LogP contribution >= 0.6 is 11.6 Å². The zero-order valence-corrected chi connectivity index (χ0v) is 10.2. The number of aromatic nitrogens is 3. The molecule has 0 saturated carbocycles. The molecule has 1 N–H and O–H groups in total. The monoisotopic (exact) mass is 264 g/mol. The summed E-state index contributed by atoms with van der Waals surface area (Å²) in [6.07, 6.45) is 0.703. The molecule has 0 fully saturated rings. The van der Waals surface area contributed by atoms with Crippen LogP contribution in [0.2, 0.25) is 5.02 Å². The second-order valence-electron chi connectivity index (χ2n) is 3.63. The number of oxazole rings is 1. The average Bonchev–Trinajstić information content (AvgIpc) is 2.95. The number of nitrogens with one attached hydrogen (secondary N) is 1. The number of hydrogen-bond acceptors (Lipinski definition) is 6. The van der Waals surface area contributed by atoms with Gasteiger partial charge in [-0.3, -0.25) is 5.32 Å². The molecule has 0 unspecified atom stereocenters. The highest BCUT2D eigenvalue weighted by atomic mass is 35.5. The van der Waals surface area contributed by atoms with Gasteiger partial charge in [0.05, 0.1) is 0 Å². The number of hydrogen-bond donors (Lipinski definition) is 1. The third-order valence-electron chi connectivity index (χ3n) is 2.35. The Morgan fingerprint density at radius 3 is 2.94 bits per heavy atom. The summed E-state index contributed by atoms with van der Waals surface area (Å²) in [5.74, 6) is 0.622. The predicted octanol–water partition coefficient (Wildman–Crippen LogP) is 3.17. The van der Waals surface area contributed by atoms with Gasteiger partial charge in [0.1, 0.15) is 5.52 Å². The van der Waals surface area contributed by atoms with Crippen molar-refractivity contribution in [2.24, 2.45) is 0 Å². The molecule has 2 aromatic heterocycles. The molecule has 0 aliphatic rings. The Kier molecular flexibility index (Phi) is 2.64. The summed E-state index contributed by atoms with van der Waals surface area (Å²) in [6, 6.07) is 5.76.